The van der Waals surface area contributed by atoms with Crippen molar-refractivity contribution < 1.29 is 18.4 Å². The van der Waals surface area contributed by atoms with E-state index >= 15 is 0 Å². The Morgan fingerprint density at radius 1 is 1.04 bits per heavy atom. The maximum absolute atomic E-state index is 12.1. The number of ether oxygens (including phenoxy) is 1. The molecule has 0 unspecified atom stereocenters. The van der Waals surface area contributed by atoms with Gasteiger partial charge in [-0.2, -0.15) is 0 Å². The Balaban J connectivity index is 3.11. The van der Waals surface area contributed by atoms with Crippen molar-refractivity contribution in [1.82, 2.24) is 0 Å². The highest BCUT2D eigenvalue weighted by molar-refractivity contribution is 9.10. The lowest BCUT2D eigenvalue weighted by atomic mass is 10.1. The molecule has 0 heterocycles. The van der Waals surface area contributed by atoms with Crippen LogP contribution in [-0.4, -0.2) is 27.2 Å². The Hall–Kier alpha value is -0.693. The first-order valence-corrected chi connectivity index (χ1v) is 11.7. The molecule has 1 aromatic carbocycles. The lowest BCUT2D eigenvalue weighted by Crippen LogP contribution is -2.52. The number of rotatable bonds is 9. The Kier molecular flexibility index (Phi) is 8.81. The highest BCUT2D eigenvalue weighted by Crippen LogP contribution is 2.40. The van der Waals surface area contributed by atoms with Crippen LogP contribution in [0.1, 0.15) is 60.1 Å². The number of halogens is 1. The maximum Gasteiger partial charge on any atom is 0.344 e. The molecular formula is C19H31BrO4Si. The molecule has 0 saturated carbocycles. The summed E-state index contributed by atoms with van der Waals surface area (Å²) >= 11 is 3.59. The Morgan fingerprint density at radius 2 is 1.60 bits per heavy atom. The van der Waals surface area contributed by atoms with E-state index in [1.807, 2.05) is 31.2 Å². The molecule has 142 valence electrons. The van der Waals surface area contributed by atoms with Crippen molar-refractivity contribution in [2.24, 2.45) is 0 Å². The van der Waals surface area contributed by atoms with E-state index in [1.54, 1.807) is 13.8 Å². The van der Waals surface area contributed by atoms with Crippen LogP contribution in [0.3, 0.4) is 0 Å². The van der Waals surface area contributed by atoms with Gasteiger partial charge in [-0.3, -0.25) is 0 Å². The zero-order valence-electron chi connectivity index (χ0n) is 16.3. The molecule has 0 aliphatic rings. The van der Waals surface area contributed by atoms with Crippen molar-refractivity contribution in [3.63, 3.8) is 0 Å². The van der Waals surface area contributed by atoms with Crippen molar-refractivity contribution in [2.45, 2.75) is 71.8 Å². The second-order valence-electron chi connectivity index (χ2n) is 6.82. The van der Waals surface area contributed by atoms with Crippen molar-refractivity contribution in [1.29, 1.82) is 0 Å². The van der Waals surface area contributed by atoms with Crippen LogP contribution in [0.2, 0.25) is 11.1 Å². The molecule has 0 aliphatic heterocycles. The van der Waals surface area contributed by atoms with Gasteiger partial charge < -0.3 is 13.6 Å². The van der Waals surface area contributed by atoms with Gasteiger partial charge in [0.2, 0.25) is 0 Å². The minimum atomic E-state index is -2.70. The lowest BCUT2D eigenvalue weighted by Gasteiger charge is -2.41. The zero-order valence-corrected chi connectivity index (χ0v) is 18.9. The van der Waals surface area contributed by atoms with E-state index in [4.69, 9.17) is 13.6 Å². The van der Waals surface area contributed by atoms with Crippen LogP contribution in [-0.2, 0) is 18.4 Å². The Morgan fingerprint density at radius 3 is 2.08 bits per heavy atom. The molecule has 2 atom stereocenters. The topological polar surface area (TPSA) is 44.8 Å². The number of hydrogen-bond donors (Lipinski definition) is 0. The molecule has 0 saturated heterocycles. The van der Waals surface area contributed by atoms with E-state index in [-0.39, 0.29) is 23.2 Å². The molecule has 0 amide bonds. The fourth-order valence-corrected chi connectivity index (χ4v) is 7.38. The molecule has 0 spiro atoms. The molecule has 0 fully saturated rings. The molecule has 0 N–H and O–H groups in total. The van der Waals surface area contributed by atoms with E-state index in [2.05, 4.69) is 43.6 Å². The molecule has 6 heteroatoms. The number of benzene rings is 1. The lowest BCUT2D eigenvalue weighted by molar-refractivity contribution is -0.152. The average Bonchev–Trinajstić information content (AvgIpc) is 2.53. The molecule has 4 nitrogen and oxygen atoms in total. The molecule has 0 radical (unpaired) electrons. The van der Waals surface area contributed by atoms with Crippen LogP contribution in [0.15, 0.2) is 28.7 Å². The van der Waals surface area contributed by atoms with Crippen LogP contribution < -0.4 is 0 Å². The first kappa shape index (κ1) is 22.3. The van der Waals surface area contributed by atoms with Crippen molar-refractivity contribution in [2.75, 3.05) is 6.61 Å². The summed E-state index contributed by atoms with van der Waals surface area (Å²) in [6, 6.07) is 8.03. The molecule has 25 heavy (non-hydrogen) atoms. The highest BCUT2D eigenvalue weighted by atomic mass is 79.9. The van der Waals surface area contributed by atoms with E-state index in [0.29, 0.717) is 6.61 Å². The van der Waals surface area contributed by atoms with E-state index in [1.165, 1.54) is 0 Å². The number of hydrogen-bond acceptors (Lipinski definition) is 4. The predicted molar refractivity (Wildman–Crippen MR) is 107 cm³/mol. The summed E-state index contributed by atoms with van der Waals surface area (Å²) in [6.07, 6.45) is -0.774. The molecule has 1 aromatic rings. The minimum Gasteiger partial charge on any atom is -0.464 e. The van der Waals surface area contributed by atoms with Gasteiger partial charge >= 0.3 is 14.5 Å². The van der Waals surface area contributed by atoms with Crippen molar-refractivity contribution in [3.05, 3.63) is 34.3 Å². The van der Waals surface area contributed by atoms with Crippen molar-refractivity contribution in [3.8, 4) is 0 Å². The molecule has 0 aromatic heterocycles. The van der Waals surface area contributed by atoms with E-state index in [0.717, 1.165) is 10.0 Å². The van der Waals surface area contributed by atoms with Gasteiger partial charge in [-0.25, -0.2) is 4.79 Å². The van der Waals surface area contributed by atoms with Gasteiger partial charge in [0.1, 0.15) is 6.10 Å². The van der Waals surface area contributed by atoms with Crippen LogP contribution in [0.25, 0.3) is 0 Å². The number of carbonyl (C=O) groups is 1. The van der Waals surface area contributed by atoms with Crippen LogP contribution in [0.5, 0.6) is 0 Å². The quantitative estimate of drug-likeness (QED) is 0.369. The third kappa shape index (κ3) is 5.64. The molecule has 1 rings (SSSR count). The summed E-state index contributed by atoms with van der Waals surface area (Å²) in [7, 11) is -2.70. The van der Waals surface area contributed by atoms with Gasteiger partial charge in [-0.1, -0.05) is 61.8 Å². The van der Waals surface area contributed by atoms with E-state index < -0.39 is 14.7 Å². The number of carbonyl (C=O) groups excluding carboxylic acids is 1. The predicted octanol–water partition coefficient (Wildman–Crippen LogP) is 5.76. The number of esters is 1. The van der Waals surface area contributed by atoms with Gasteiger partial charge in [0.25, 0.3) is 0 Å². The zero-order chi connectivity index (χ0) is 19.2. The Labute approximate surface area is 161 Å². The largest absolute Gasteiger partial charge is 0.464 e. The van der Waals surface area contributed by atoms with Gasteiger partial charge in [-0.05, 0) is 43.5 Å². The van der Waals surface area contributed by atoms with Gasteiger partial charge in [-0.15, -0.1) is 0 Å². The third-order valence-corrected chi connectivity index (χ3v) is 9.68. The standard InChI is InChI=1S/C19H31BrO4Si/c1-8-22-19(21)16(7)24-25(13(2)3,14(4)5)23-15(6)17-11-9-10-12-18(17)20/h9-16H,8H2,1-7H3/t15-,16-/m0/s1. The first-order chi connectivity index (χ1) is 11.7. The smallest absolute Gasteiger partial charge is 0.344 e. The molecular weight excluding hydrogens is 400 g/mol. The van der Waals surface area contributed by atoms with Crippen LogP contribution >= 0.6 is 15.9 Å². The fourth-order valence-electron chi connectivity index (χ4n) is 2.97. The van der Waals surface area contributed by atoms with Crippen LogP contribution in [0.4, 0.5) is 0 Å². The average molecular weight is 431 g/mol. The Bertz CT molecular complexity index is 554. The fraction of sp³-hybridized carbons (Fsp3) is 0.632. The second kappa shape index (κ2) is 9.85. The SMILES string of the molecule is CCOC(=O)[C@H](C)O[Si](O[C@@H](C)c1ccccc1Br)(C(C)C)C(C)C. The summed E-state index contributed by atoms with van der Waals surface area (Å²) in [4.78, 5) is 12.1. The van der Waals surface area contributed by atoms with Crippen LogP contribution in [0, 0.1) is 0 Å². The summed E-state index contributed by atoms with van der Waals surface area (Å²) in [5.41, 5.74) is 1.46. The third-order valence-electron chi connectivity index (χ3n) is 4.29. The van der Waals surface area contributed by atoms with Crippen molar-refractivity contribution >= 4 is 30.5 Å². The summed E-state index contributed by atoms with van der Waals surface area (Å²) < 4.78 is 19.1. The first-order valence-electron chi connectivity index (χ1n) is 8.92. The van der Waals surface area contributed by atoms with Gasteiger partial charge in [0, 0.05) is 4.47 Å². The monoisotopic (exact) mass is 430 g/mol. The van der Waals surface area contributed by atoms with Gasteiger partial charge in [0.15, 0.2) is 0 Å². The normalized spacial score (nSPS) is 14.6. The van der Waals surface area contributed by atoms with Gasteiger partial charge in [0.05, 0.1) is 12.7 Å². The van der Waals surface area contributed by atoms with E-state index in [9.17, 15) is 4.79 Å². The summed E-state index contributed by atoms with van der Waals surface area (Å²) in [6.45, 7) is 14.4. The minimum absolute atomic E-state index is 0.138. The summed E-state index contributed by atoms with van der Waals surface area (Å²) in [5, 5.41) is 0. The molecule has 0 bridgehead atoms. The highest BCUT2D eigenvalue weighted by Gasteiger charge is 2.48. The summed E-state index contributed by atoms with van der Waals surface area (Å²) in [5.74, 6) is -0.335. The maximum atomic E-state index is 12.1. The molecule has 0 aliphatic carbocycles. The second-order valence-corrected chi connectivity index (χ2v) is 11.9.